The molecule has 1 heterocycles. The third-order valence-electron chi connectivity index (χ3n) is 4.62. The molecule has 160 valence electrons. The van der Waals surface area contributed by atoms with Crippen LogP contribution in [-0.2, 0) is 16.6 Å². The normalized spacial score (nSPS) is 10.6. The summed E-state index contributed by atoms with van der Waals surface area (Å²) in [5.74, 6) is -3.13. The van der Waals surface area contributed by atoms with Gasteiger partial charge < -0.3 is 14.0 Å². The van der Waals surface area contributed by atoms with Crippen molar-refractivity contribution in [3.8, 4) is 11.5 Å². The van der Waals surface area contributed by atoms with Gasteiger partial charge in [-0.3, -0.25) is 19.2 Å². The number of fused-ring (bicyclic) bond motifs is 1. The molecule has 2 aromatic carbocycles. The lowest BCUT2D eigenvalue weighted by molar-refractivity contribution is -0.131. The molecule has 1 aromatic heterocycles. The highest BCUT2D eigenvalue weighted by molar-refractivity contribution is 6.22. The van der Waals surface area contributed by atoms with E-state index in [2.05, 4.69) is 0 Å². The number of esters is 1. The van der Waals surface area contributed by atoms with Gasteiger partial charge in [0.05, 0.1) is 23.7 Å². The van der Waals surface area contributed by atoms with Gasteiger partial charge in [-0.25, -0.2) is 9.29 Å². The maximum absolute atomic E-state index is 13.5. The number of ether oxygens (including phenoxy) is 2. The fourth-order valence-electron chi connectivity index (χ4n) is 3.28. The number of carbonyl (C=O) groups excluding carboxylic acids is 3. The molecule has 0 bridgehead atoms. The van der Waals surface area contributed by atoms with E-state index in [-0.39, 0.29) is 22.6 Å². The summed E-state index contributed by atoms with van der Waals surface area (Å²) in [5, 5.41) is 0.216. The highest BCUT2D eigenvalue weighted by atomic mass is 19.1. The summed E-state index contributed by atoms with van der Waals surface area (Å²) >= 11 is 0. The third kappa shape index (κ3) is 3.89. The predicted octanol–water partition coefficient (Wildman–Crippen LogP) is 2.80. The summed E-state index contributed by atoms with van der Waals surface area (Å²) in [6, 6.07) is 9.43. The molecule has 3 rings (SSSR count). The molecular formula is C22H19FN2O6. The number of hydrogen-bond donors (Lipinski definition) is 0. The van der Waals surface area contributed by atoms with Gasteiger partial charge in [0.25, 0.3) is 11.5 Å². The smallest absolute Gasteiger partial charge is 0.308 e. The van der Waals surface area contributed by atoms with Crippen LogP contribution in [0.25, 0.3) is 10.9 Å². The van der Waals surface area contributed by atoms with Crippen LogP contribution in [0.3, 0.4) is 0 Å². The van der Waals surface area contributed by atoms with E-state index in [4.69, 9.17) is 9.47 Å². The van der Waals surface area contributed by atoms with Gasteiger partial charge in [0.15, 0.2) is 5.75 Å². The lowest BCUT2D eigenvalue weighted by Gasteiger charge is -2.22. The van der Waals surface area contributed by atoms with Crippen LogP contribution in [0, 0.1) is 5.82 Å². The van der Waals surface area contributed by atoms with Crippen molar-refractivity contribution < 1.29 is 28.2 Å². The second-order valence-electron chi connectivity index (χ2n) is 6.65. The van der Waals surface area contributed by atoms with Gasteiger partial charge in [-0.1, -0.05) is 6.07 Å². The summed E-state index contributed by atoms with van der Waals surface area (Å²) in [6.45, 7) is 2.24. The molecule has 0 saturated carbocycles. The van der Waals surface area contributed by atoms with Gasteiger partial charge in [-0.2, -0.15) is 0 Å². The van der Waals surface area contributed by atoms with E-state index >= 15 is 0 Å². The topological polar surface area (TPSA) is 94.9 Å². The van der Waals surface area contributed by atoms with Gasteiger partial charge in [0, 0.05) is 20.9 Å². The maximum atomic E-state index is 13.5. The number of anilines is 1. The Bertz CT molecular complexity index is 1260. The Morgan fingerprint density at radius 1 is 1.03 bits per heavy atom. The first-order chi connectivity index (χ1) is 14.7. The molecule has 0 radical (unpaired) electrons. The molecule has 0 unspecified atom stereocenters. The number of amides is 2. The lowest BCUT2D eigenvalue weighted by Crippen LogP contribution is -2.40. The summed E-state index contributed by atoms with van der Waals surface area (Å²) < 4.78 is 25.2. The Balaban J connectivity index is 2.38. The number of imide groups is 1. The van der Waals surface area contributed by atoms with Crippen molar-refractivity contribution in [3.05, 3.63) is 64.2 Å². The molecule has 0 aliphatic rings. The highest BCUT2D eigenvalue weighted by Crippen LogP contribution is 2.36. The monoisotopic (exact) mass is 426 g/mol. The first kappa shape index (κ1) is 21.7. The molecule has 0 saturated heterocycles. The molecule has 0 N–H and O–H groups in total. The number of pyridine rings is 1. The predicted molar refractivity (Wildman–Crippen MR) is 111 cm³/mol. The molecule has 8 nitrogen and oxygen atoms in total. The summed E-state index contributed by atoms with van der Waals surface area (Å²) in [4.78, 5) is 51.5. The Hall–Kier alpha value is -4.01. The van der Waals surface area contributed by atoms with Crippen molar-refractivity contribution in [2.45, 2.75) is 13.8 Å². The zero-order chi connectivity index (χ0) is 22.9. The number of benzene rings is 2. The lowest BCUT2D eigenvalue weighted by atomic mass is 10.1. The second kappa shape index (κ2) is 8.39. The minimum absolute atomic E-state index is 0.0508. The molecule has 0 spiro atoms. The summed E-state index contributed by atoms with van der Waals surface area (Å²) in [5.41, 5.74) is -0.909. The molecule has 0 aliphatic heterocycles. The average molecular weight is 426 g/mol. The molecular weight excluding hydrogens is 407 g/mol. The first-order valence-corrected chi connectivity index (χ1v) is 9.16. The van der Waals surface area contributed by atoms with Crippen molar-refractivity contribution >= 4 is 34.4 Å². The molecule has 0 fully saturated rings. The quantitative estimate of drug-likeness (QED) is 0.596. The number of nitrogens with zero attached hydrogens (tertiary/aromatic N) is 2. The number of halogens is 1. The number of rotatable bonds is 4. The minimum atomic E-state index is -1.02. The zero-order valence-corrected chi connectivity index (χ0v) is 17.3. The van der Waals surface area contributed by atoms with Crippen LogP contribution in [0.4, 0.5) is 10.1 Å². The standard InChI is InChI=1S/C22H19FN2O6/c1-12(26)25(15-10-8-14(23)9-11-15)22(29)19-20(31-13(2)27)18-16(24(3)21(19)28)6-5-7-17(18)30-4/h5-11H,1-4H3. The number of hydrogen-bond acceptors (Lipinski definition) is 6. The van der Waals surface area contributed by atoms with Crippen LogP contribution in [0.1, 0.15) is 24.2 Å². The van der Waals surface area contributed by atoms with E-state index in [9.17, 15) is 23.6 Å². The van der Waals surface area contributed by atoms with Crippen molar-refractivity contribution in [2.75, 3.05) is 12.0 Å². The van der Waals surface area contributed by atoms with Gasteiger partial charge >= 0.3 is 5.97 Å². The number of aryl methyl sites for hydroxylation is 1. The fourth-order valence-corrected chi connectivity index (χ4v) is 3.28. The van der Waals surface area contributed by atoms with Crippen molar-refractivity contribution in [2.24, 2.45) is 7.05 Å². The molecule has 2 amide bonds. The van der Waals surface area contributed by atoms with E-state index in [1.165, 1.54) is 30.9 Å². The molecule has 31 heavy (non-hydrogen) atoms. The van der Waals surface area contributed by atoms with Crippen LogP contribution >= 0.6 is 0 Å². The number of methoxy groups -OCH3 is 1. The van der Waals surface area contributed by atoms with Gasteiger partial charge in [0.2, 0.25) is 5.91 Å². The van der Waals surface area contributed by atoms with Crippen LogP contribution in [-0.4, -0.2) is 29.5 Å². The Labute approximate surface area is 176 Å². The minimum Gasteiger partial charge on any atom is -0.496 e. The van der Waals surface area contributed by atoms with Crippen molar-refractivity contribution in [1.82, 2.24) is 4.57 Å². The fraction of sp³-hybridized carbons (Fsp3) is 0.182. The van der Waals surface area contributed by atoms with Crippen LogP contribution in [0.2, 0.25) is 0 Å². The van der Waals surface area contributed by atoms with Crippen LogP contribution in [0.15, 0.2) is 47.3 Å². The van der Waals surface area contributed by atoms with E-state index in [0.717, 1.165) is 26.0 Å². The first-order valence-electron chi connectivity index (χ1n) is 9.16. The second-order valence-corrected chi connectivity index (χ2v) is 6.65. The van der Waals surface area contributed by atoms with Crippen LogP contribution in [0.5, 0.6) is 11.5 Å². The molecule has 3 aromatic rings. The maximum Gasteiger partial charge on any atom is 0.308 e. The number of aromatic nitrogens is 1. The summed E-state index contributed by atoms with van der Waals surface area (Å²) in [7, 11) is 2.83. The van der Waals surface area contributed by atoms with Crippen molar-refractivity contribution in [1.29, 1.82) is 0 Å². The molecule has 9 heteroatoms. The summed E-state index contributed by atoms with van der Waals surface area (Å²) in [6.07, 6.45) is 0. The van der Waals surface area contributed by atoms with Crippen molar-refractivity contribution in [3.63, 3.8) is 0 Å². The molecule has 0 aliphatic carbocycles. The van der Waals surface area contributed by atoms with E-state index < -0.39 is 34.7 Å². The van der Waals surface area contributed by atoms with Gasteiger partial charge in [0.1, 0.15) is 17.1 Å². The number of carbonyl (C=O) groups is 3. The van der Waals surface area contributed by atoms with E-state index in [1.54, 1.807) is 18.2 Å². The van der Waals surface area contributed by atoms with E-state index in [0.29, 0.717) is 10.4 Å². The average Bonchev–Trinajstić information content (AvgIpc) is 2.72. The van der Waals surface area contributed by atoms with E-state index in [1.807, 2.05) is 0 Å². The largest absolute Gasteiger partial charge is 0.496 e. The van der Waals surface area contributed by atoms with Gasteiger partial charge in [-0.15, -0.1) is 0 Å². The van der Waals surface area contributed by atoms with Gasteiger partial charge in [-0.05, 0) is 36.4 Å². The zero-order valence-electron chi connectivity index (χ0n) is 17.3. The Kier molecular flexibility index (Phi) is 5.87. The Morgan fingerprint density at radius 2 is 1.68 bits per heavy atom. The third-order valence-corrected chi connectivity index (χ3v) is 4.62. The molecule has 0 atom stereocenters. The highest BCUT2D eigenvalue weighted by Gasteiger charge is 2.31. The SMILES string of the molecule is COc1cccc2c1c(OC(C)=O)c(C(=O)N(C(C)=O)c1ccc(F)cc1)c(=O)n2C. The Morgan fingerprint density at radius 3 is 2.23 bits per heavy atom. The van der Waals surface area contributed by atoms with Crippen LogP contribution < -0.4 is 19.9 Å².